The van der Waals surface area contributed by atoms with E-state index in [0.29, 0.717) is 5.82 Å². The summed E-state index contributed by atoms with van der Waals surface area (Å²) in [7, 11) is 0. The first kappa shape index (κ1) is 13.0. The molecule has 6 nitrogen and oxygen atoms in total. The summed E-state index contributed by atoms with van der Waals surface area (Å²) in [6, 6.07) is 0.112. The average molecular weight is 289 g/mol. The van der Waals surface area contributed by atoms with Crippen molar-refractivity contribution in [2.45, 2.75) is 25.8 Å². The molecule has 1 amide bonds. The SMILES string of the molecule is CC(=O)N1CCCC1c1csc(Nc2cnccn2)n1. The van der Waals surface area contributed by atoms with Crippen LogP contribution >= 0.6 is 11.3 Å². The molecule has 2 aromatic heterocycles. The molecule has 1 N–H and O–H groups in total. The van der Waals surface area contributed by atoms with Gasteiger partial charge >= 0.3 is 0 Å². The molecule has 0 aromatic carbocycles. The Morgan fingerprint density at radius 3 is 3.15 bits per heavy atom. The van der Waals surface area contributed by atoms with Gasteiger partial charge < -0.3 is 10.2 Å². The fraction of sp³-hybridized carbons (Fsp3) is 0.385. The van der Waals surface area contributed by atoms with Crippen LogP contribution in [0.25, 0.3) is 0 Å². The standard InChI is InChI=1S/C13H15N5OS/c1-9(19)18-6-2-3-11(18)10-8-20-13(16-10)17-12-7-14-4-5-15-12/h4-5,7-8,11H,2-3,6H2,1H3,(H,15,16,17). The lowest BCUT2D eigenvalue weighted by Gasteiger charge is -2.21. The number of aromatic nitrogens is 3. The van der Waals surface area contributed by atoms with Crippen LogP contribution in [0.1, 0.15) is 31.5 Å². The lowest BCUT2D eigenvalue weighted by Crippen LogP contribution is -2.28. The van der Waals surface area contributed by atoms with Crippen molar-refractivity contribution >= 4 is 28.2 Å². The molecule has 1 atom stereocenters. The van der Waals surface area contributed by atoms with E-state index < -0.39 is 0 Å². The molecule has 3 rings (SSSR count). The Hall–Kier alpha value is -2.02. The third-order valence-corrected chi connectivity index (χ3v) is 4.09. The highest BCUT2D eigenvalue weighted by Gasteiger charge is 2.29. The lowest BCUT2D eigenvalue weighted by atomic mass is 10.2. The fourth-order valence-corrected chi connectivity index (χ4v) is 3.18. The molecule has 20 heavy (non-hydrogen) atoms. The summed E-state index contributed by atoms with van der Waals surface area (Å²) in [5.74, 6) is 0.784. The minimum Gasteiger partial charge on any atom is -0.334 e. The fourth-order valence-electron chi connectivity index (χ4n) is 2.42. The zero-order valence-corrected chi connectivity index (χ0v) is 11.9. The average Bonchev–Trinajstić information content (AvgIpc) is 3.07. The van der Waals surface area contributed by atoms with Crippen LogP contribution in [0.3, 0.4) is 0 Å². The van der Waals surface area contributed by atoms with E-state index in [1.165, 1.54) is 11.3 Å². The van der Waals surface area contributed by atoms with Crippen LogP contribution in [0.2, 0.25) is 0 Å². The Kier molecular flexibility index (Phi) is 3.60. The molecule has 1 fully saturated rings. The van der Waals surface area contributed by atoms with Crippen molar-refractivity contribution in [2.75, 3.05) is 11.9 Å². The number of likely N-dealkylation sites (tertiary alicyclic amines) is 1. The summed E-state index contributed by atoms with van der Waals surface area (Å²) in [4.78, 5) is 26.2. The summed E-state index contributed by atoms with van der Waals surface area (Å²) < 4.78 is 0. The van der Waals surface area contributed by atoms with E-state index >= 15 is 0 Å². The largest absolute Gasteiger partial charge is 0.334 e. The number of hydrogen-bond acceptors (Lipinski definition) is 6. The molecule has 7 heteroatoms. The summed E-state index contributed by atoms with van der Waals surface area (Å²) in [6.45, 7) is 2.44. The Morgan fingerprint density at radius 1 is 1.50 bits per heavy atom. The van der Waals surface area contributed by atoms with E-state index in [-0.39, 0.29) is 11.9 Å². The van der Waals surface area contributed by atoms with Gasteiger partial charge in [0.1, 0.15) is 0 Å². The van der Waals surface area contributed by atoms with Gasteiger partial charge in [-0.1, -0.05) is 0 Å². The molecule has 2 aromatic rings. The maximum atomic E-state index is 11.6. The first-order valence-corrected chi connectivity index (χ1v) is 7.37. The second-order valence-corrected chi connectivity index (χ2v) is 5.52. The van der Waals surface area contributed by atoms with Gasteiger partial charge in [-0.25, -0.2) is 9.97 Å². The molecule has 0 radical (unpaired) electrons. The van der Waals surface area contributed by atoms with Gasteiger partial charge in [0.05, 0.1) is 17.9 Å². The molecule has 0 aliphatic carbocycles. The molecule has 0 spiro atoms. The first-order chi connectivity index (χ1) is 9.74. The molecule has 1 saturated heterocycles. The number of hydrogen-bond donors (Lipinski definition) is 1. The van der Waals surface area contributed by atoms with Crippen molar-refractivity contribution in [3.05, 3.63) is 29.7 Å². The highest BCUT2D eigenvalue weighted by Crippen LogP contribution is 2.33. The molecule has 1 unspecified atom stereocenters. The predicted molar refractivity (Wildman–Crippen MR) is 76.8 cm³/mol. The molecule has 0 saturated carbocycles. The van der Waals surface area contributed by atoms with Gasteiger partial charge in [0.15, 0.2) is 10.9 Å². The topological polar surface area (TPSA) is 71.0 Å². The maximum absolute atomic E-state index is 11.6. The molecule has 1 aliphatic rings. The predicted octanol–water partition coefficient (Wildman–Crippen LogP) is 2.36. The van der Waals surface area contributed by atoms with Crippen molar-refractivity contribution in [3.8, 4) is 0 Å². The second kappa shape index (κ2) is 5.54. The third-order valence-electron chi connectivity index (χ3n) is 3.32. The third kappa shape index (κ3) is 2.62. The summed E-state index contributed by atoms with van der Waals surface area (Å²) in [5.41, 5.74) is 0.953. The second-order valence-electron chi connectivity index (χ2n) is 4.66. The van der Waals surface area contributed by atoms with Gasteiger partial charge in [-0.3, -0.25) is 9.78 Å². The Bertz CT molecular complexity index is 600. The number of thiazole rings is 1. The minimum absolute atomic E-state index is 0.112. The van der Waals surface area contributed by atoms with Gasteiger partial charge in [-0.15, -0.1) is 11.3 Å². The Morgan fingerprint density at radius 2 is 2.40 bits per heavy atom. The summed E-state index contributed by atoms with van der Waals surface area (Å²) >= 11 is 1.52. The normalized spacial score (nSPS) is 18.2. The monoisotopic (exact) mass is 289 g/mol. The van der Waals surface area contributed by atoms with Crippen LogP contribution in [-0.2, 0) is 4.79 Å². The van der Waals surface area contributed by atoms with Gasteiger partial charge in [0.25, 0.3) is 0 Å². The van der Waals surface area contributed by atoms with Crippen LogP contribution in [0.5, 0.6) is 0 Å². The number of nitrogens with zero attached hydrogens (tertiary/aromatic N) is 4. The van der Waals surface area contributed by atoms with Gasteiger partial charge in [-0.2, -0.15) is 0 Å². The number of anilines is 2. The van der Waals surface area contributed by atoms with E-state index in [1.54, 1.807) is 25.5 Å². The Labute approximate surface area is 120 Å². The van der Waals surface area contributed by atoms with Crippen molar-refractivity contribution in [1.29, 1.82) is 0 Å². The van der Waals surface area contributed by atoms with E-state index in [2.05, 4.69) is 20.3 Å². The smallest absolute Gasteiger partial charge is 0.220 e. The minimum atomic E-state index is 0.112. The number of carbonyl (C=O) groups excluding carboxylic acids is 1. The molecule has 1 aliphatic heterocycles. The van der Waals surface area contributed by atoms with Crippen molar-refractivity contribution in [1.82, 2.24) is 19.9 Å². The number of carbonyl (C=O) groups is 1. The zero-order valence-electron chi connectivity index (χ0n) is 11.1. The van der Waals surface area contributed by atoms with E-state index in [9.17, 15) is 4.79 Å². The van der Waals surface area contributed by atoms with Crippen LogP contribution in [0.15, 0.2) is 24.0 Å². The van der Waals surface area contributed by atoms with Gasteiger partial charge in [-0.05, 0) is 12.8 Å². The number of rotatable bonds is 3. The Balaban J connectivity index is 1.75. The van der Waals surface area contributed by atoms with Crippen molar-refractivity contribution in [3.63, 3.8) is 0 Å². The summed E-state index contributed by atoms with van der Waals surface area (Å²) in [5, 5.41) is 5.90. The first-order valence-electron chi connectivity index (χ1n) is 6.50. The molecule has 3 heterocycles. The van der Waals surface area contributed by atoms with E-state index in [0.717, 1.165) is 30.2 Å². The van der Waals surface area contributed by atoms with Gasteiger partial charge in [0, 0.05) is 31.2 Å². The van der Waals surface area contributed by atoms with E-state index in [4.69, 9.17) is 0 Å². The maximum Gasteiger partial charge on any atom is 0.220 e. The van der Waals surface area contributed by atoms with Crippen LogP contribution in [-0.4, -0.2) is 32.3 Å². The number of amides is 1. The molecule has 0 bridgehead atoms. The summed E-state index contributed by atoms with van der Waals surface area (Å²) in [6.07, 6.45) is 6.92. The number of nitrogens with one attached hydrogen (secondary N) is 1. The molecule has 104 valence electrons. The van der Waals surface area contributed by atoms with E-state index in [1.807, 2.05) is 10.3 Å². The van der Waals surface area contributed by atoms with Crippen LogP contribution in [0.4, 0.5) is 10.9 Å². The van der Waals surface area contributed by atoms with Crippen molar-refractivity contribution < 1.29 is 4.79 Å². The lowest BCUT2D eigenvalue weighted by molar-refractivity contribution is -0.129. The quantitative estimate of drug-likeness (QED) is 0.939. The molecular formula is C13H15N5OS. The highest BCUT2D eigenvalue weighted by atomic mass is 32.1. The zero-order chi connectivity index (χ0) is 13.9. The van der Waals surface area contributed by atoms with Crippen LogP contribution in [0, 0.1) is 0 Å². The van der Waals surface area contributed by atoms with Gasteiger partial charge in [0.2, 0.25) is 5.91 Å². The molecular weight excluding hydrogens is 274 g/mol. The van der Waals surface area contributed by atoms with Crippen LogP contribution < -0.4 is 5.32 Å². The van der Waals surface area contributed by atoms with Crippen molar-refractivity contribution in [2.24, 2.45) is 0 Å². The highest BCUT2D eigenvalue weighted by molar-refractivity contribution is 7.13.